The van der Waals surface area contributed by atoms with Gasteiger partial charge in [0.2, 0.25) is 0 Å². The molecule has 1 aliphatic heterocycles. The van der Waals surface area contributed by atoms with E-state index in [4.69, 9.17) is 4.74 Å². The highest BCUT2D eigenvalue weighted by atomic mass is 79.9. The van der Waals surface area contributed by atoms with Crippen LogP contribution in [-0.4, -0.2) is 23.3 Å². The Hall–Kier alpha value is -2.66. The monoisotopic (exact) mass is 395 g/mol. The Morgan fingerprint density at radius 1 is 0.920 bits per heavy atom. The lowest BCUT2D eigenvalue weighted by atomic mass is 9.93. The summed E-state index contributed by atoms with van der Waals surface area (Å²) in [5, 5.41) is 1.42. The maximum absolute atomic E-state index is 12.6. The highest BCUT2D eigenvalue weighted by Crippen LogP contribution is 2.37. The van der Waals surface area contributed by atoms with E-state index in [0.717, 1.165) is 9.86 Å². The van der Waals surface area contributed by atoms with E-state index in [2.05, 4.69) is 15.9 Å². The third-order valence-corrected chi connectivity index (χ3v) is 4.84. The minimum absolute atomic E-state index is 0.258. The molecule has 0 bridgehead atoms. The first-order valence-corrected chi connectivity index (χ1v) is 8.75. The predicted molar refractivity (Wildman–Crippen MR) is 99.2 cm³/mol. The minimum Gasteiger partial charge on any atom is -0.457 e. The van der Waals surface area contributed by atoms with Crippen molar-refractivity contribution in [3.8, 4) is 11.5 Å². The molecule has 4 nitrogen and oxygen atoms in total. The van der Waals surface area contributed by atoms with Crippen molar-refractivity contribution >= 4 is 38.5 Å². The van der Waals surface area contributed by atoms with E-state index in [9.17, 15) is 9.59 Å². The number of carbonyl (C=O) groups is 2. The molecule has 25 heavy (non-hydrogen) atoms. The van der Waals surface area contributed by atoms with Crippen molar-refractivity contribution in [1.82, 2.24) is 4.90 Å². The lowest BCUT2D eigenvalue weighted by Gasteiger charge is -2.26. The van der Waals surface area contributed by atoms with Crippen molar-refractivity contribution in [3.05, 3.63) is 70.2 Å². The fraction of sp³-hybridized carbons (Fsp3) is 0.100. The second-order valence-corrected chi connectivity index (χ2v) is 6.67. The van der Waals surface area contributed by atoms with Crippen LogP contribution < -0.4 is 4.74 Å². The van der Waals surface area contributed by atoms with Gasteiger partial charge in [0, 0.05) is 32.9 Å². The number of hydrogen-bond donors (Lipinski definition) is 0. The second-order valence-electron chi connectivity index (χ2n) is 5.75. The summed E-state index contributed by atoms with van der Waals surface area (Å²) in [4.78, 5) is 26.5. The molecular formula is C20H14BrNO3. The van der Waals surface area contributed by atoms with Crippen LogP contribution in [0.1, 0.15) is 27.6 Å². The fourth-order valence-electron chi connectivity index (χ4n) is 3.13. The Bertz CT molecular complexity index is 989. The molecule has 0 aromatic heterocycles. The molecule has 3 aromatic rings. The highest BCUT2D eigenvalue weighted by molar-refractivity contribution is 9.10. The third kappa shape index (κ3) is 2.51. The number of carbonyl (C=O) groups excluding carboxylic acids is 2. The smallest absolute Gasteiger partial charge is 0.261 e. The van der Waals surface area contributed by atoms with Crippen molar-refractivity contribution < 1.29 is 14.3 Å². The van der Waals surface area contributed by atoms with Gasteiger partial charge in [-0.3, -0.25) is 14.5 Å². The zero-order chi connectivity index (χ0) is 17.6. The molecule has 1 heterocycles. The van der Waals surface area contributed by atoms with Crippen molar-refractivity contribution in [2.45, 2.75) is 6.92 Å². The molecule has 4 rings (SSSR count). The molecule has 3 aromatic carbocycles. The van der Waals surface area contributed by atoms with Crippen molar-refractivity contribution in [3.63, 3.8) is 0 Å². The van der Waals surface area contributed by atoms with E-state index in [0.29, 0.717) is 34.6 Å². The van der Waals surface area contributed by atoms with E-state index < -0.39 is 0 Å². The second kappa shape index (κ2) is 6.01. The first-order valence-electron chi connectivity index (χ1n) is 7.95. The van der Waals surface area contributed by atoms with Crippen molar-refractivity contribution in [2.75, 3.05) is 6.54 Å². The number of benzene rings is 3. The van der Waals surface area contributed by atoms with Gasteiger partial charge in [0.25, 0.3) is 11.8 Å². The summed E-state index contributed by atoms with van der Waals surface area (Å²) in [6, 6.07) is 16.5. The van der Waals surface area contributed by atoms with Gasteiger partial charge in [-0.05, 0) is 49.4 Å². The molecule has 5 heteroatoms. The fourth-order valence-corrected chi connectivity index (χ4v) is 3.39. The van der Waals surface area contributed by atoms with E-state index >= 15 is 0 Å². The van der Waals surface area contributed by atoms with E-state index in [-0.39, 0.29) is 11.8 Å². The minimum atomic E-state index is -0.258. The number of nitrogens with zero attached hydrogens (tertiary/aromatic N) is 1. The molecule has 0 spiro atoms. The highest BCUT2D eigenvalue weighted by Gasteiger charge is 2.32. The summed E-state index contributed by atoms with van der Waals surface area (Å²) in [6.07, 6.45) is 0. The molecule has 0 atom stereocenters. The van der Waals surface area contributed by atoms with Crippen LogP contribution in [0.15, 0.2) is 59.1 Å². The van der Waals surface area contributed by atoms with Crippen LogP contribution in [0.5, 0.6) is 11.5 Å². The van der Waals surface area contributed by atoms with Crippen molar-refractivity contribution in [2.24, 2.45) is 0 Å². The molecule has 0 fully saturated rings. The Kier molecular flexibility index (Phi) is 3.81. The summed E-state index contributed by atoms with van der Waals surface area (Å²) in [7, 11) is 0. The Morgan fingerprint density at radius 3 is 2.28 bits per heavy atom. The molecule has 1 aliphatic rings. The Balaban J connectivity index is 1.89. The summed E-state index contributed by atoms with van der Waals surface area (Å²) < 4.78 is 6.96. The van der Waals surface area contributed by atoms with Gasteiger partial charge in [0.15, 0.2) is 0 Å². The molecule has 0 unspecified atom stereocenters. The average Bonchev–Trinajstić information content (AvgIpc) is 2.63. The Labute approximate surface area is 153 Å². The summed E-state index contributed by atoms with van der Waals surface area (Å²) in [6.45, 7) is 2.15. The van der Waals surface area contributed by atoms with Gasteiger partial charge in [0.05, 0.1) is 0 Å². The SMILES string of the molecule is CCN1C(=O)c2cccc3c(Oc4ccc(Br)cc4)ccc(c23)C1=O. The van der Waals surface area contributed by atoms with Crippen molar-refractivity contribution in [1.29, 1.82) is 0 Å². The first kappa shape index (κ1) is 15.8. The summed E-state index contributed by atoms with van der Waals surface area (Å²) in [5.41, 5.74) is 1.07. The summed E-state index contributed by atoms with van der Waals surface area (Å²) >= 11 is 3.40. The first-order chi connectivity index (χ1) is 12.1. The number of amides is 2. The lowest BCUT2D eigenvalue weighted by Crippen LogP contribution is -2.40. The molecule has 0 radical (unpaired) electrons. The van der Waals surface area contributed by atoms with E-state index in [1.54, 1.807) is 25.1 Å². The van der Waals surface area contributed by atoms with Crippen LogP contribution in [0.2, 0.25) is 0 Å². The molecule has 0 N–H and O–H groups in total. The van der Waals surface area contributed by atoms with Crippen LogP contribution >= 0.6 is 15.9 Å². The zero-order valence-corrected chi connectivity index (χ0v) is 15.0. The normalized spacial score (nSPS) is 13.4. The van der Waals surface area contributed by atoms with Gasteiger partial charge in [-0.25, -0.2) is 0 Å². The van der Waals surface area contributed by atoms with Gasteiger partial charge in [-0.15, -0.1) is 0 Å². The molecule has 2 amide bonds. The van der Waals surface area contributed by atoms with Crippen LogP contribution in [-0.2, 0) is 0 Å². The van der Waals surface area contributed by atoms with Gasteiger partial charge >= 0.3 is 0 Å². The topological polar surface area (TPSA) is 46.6 Å². The third-order valence-electron chi connectivity index (χ3n) is 4.31. The van der Waals surface area contributed by atoms with E-state index in [1.165, 1.54) is 4.90 Å². The Morgan fingerprint density at radius 2 is 1.60 bits per heavy atom. The quantitative estimate of drug-likeness (QED) is 0.585. The molecular weight excluding hydrogens is 382 g/mol. The molecule has 0 aliphatic carbocycles. The van der Waals surface area contributed by atoms with Crippen LogP contribution in [0.4, 0.5) is 0 Å². The van der Waals surface area contributed by atoms with Crippen LogP contribution in [0.25, 0.3) is 10.8 Å². The number of imide groups is 1. The van der Waals surface area contributed by atoms with Crippen LogP contribution in [0, 0.1) is 0 Å². The number of halogens is 1. The molecule has 0 saturated carbocycles. The maximum atomic E-state index is 12.6. The van der Waals surface area contributed by atoms with E-state index in [1.807, 2.05) is 36.4 Å². The number of rotatable bonds is 3. The number of ether oxygens (including phenoxy) is 1. The van der Waals surface area contributed by atoms with Gasteiger partial charge in [-0.1, -0.05) is 28.1 Å². The zero-order valence-electron chi connectivity index (χ0n) is 13.5. The molecule has 124 valence electrons. The van der Waals surface area contributed by atoms with Gasteiger partial charge < -0.3 is 4.74 Å². The maximum Gasteiger partial charge on any atom is 0.261 e. The standard InChI is InChI=1S/C20H14BrNO3/c1-2-22-19(23)15-5-3-4-14-17(11-10-16(18(14)15)20(22)24)25-13-8-6-12(21)7-9-13/h3-11H,2H2,1H3. The molecule has 0 saturated heterocycles. The van der Waals surface area contributed by atoms with Gasteiger partial charge in [-0.2, -0.15) is 0 Å². The van der Waals surface area contributed by atoms with Gasteiger partial charge in [0.1, 0.15) is 11.5 Å². The van der Waals surface area contributed by atoms with Crippen LogP contribution in [0.3, 0.4) is 0 Å². The number of hydrogen-bond acceptors (Lipinski definition) is 3. The lowest BCUT2D eigenvalue weighted by molar-refractivity contribution is 0.0619. The summed E-state index contributed by atoms with van der Waals surface area (Å²) in [5.74, 6) is 0.791. The average molecular weight is 396 g/mol. The predicted octanol–water partition coefficient (Wildman–Crippen LogP) is 5.01. The largest absolute Gasteiger partial charge is 0.457 e.